The smallest absolute Gasteiger partial charge is 0.0723 e. The number of hydrogen-bond donors (Lipinski definition) is 0. The van der Waals surface area contributed by atoms with Gasteiger partial charge >= 0.3 is 0 Å². The van der Waals surface area contributed by atoms with Gasteiger partial charge in [0.1, 0.15) is 0 Å². The molecular formula is C11H20O. The Morgan fingerprint density at radius 3 is 2.50 bits per heavy atom. The molecule has 0 N–H and O–H groups in total. The normalized spacial score (nSPS) is 23.2. The van der Waals surface area contributed by atoms with Gasteiger partial charge in [-0.15, -0.1) is 0 Å². The van der Waals surface area contributed by atoms with E-state index >= 15 is 0 Å². The molecule has 0 saturated heterocycles. The molecule has 0 bridgehead atoms. The van der Waals surface area contributed by atoms with Crippen molar-refractivity contribution in [1.82, 2.24) is 0 Å². The van der Waals surface area contributed by atoms with E-state index in [-0.39, 0.29) is 6.10 Å². The lowest BCUT2D eigenvalue weighted by molar-refractivity contribution is 0.155. The van der Waals surface area contributed by atoms with Crippen molar-refractivity contribution in [3.05, 3.63) is 12.2 Å². The van der Waals surface area contributed by atoms with Crippen LogP contribution in [0, 0.1) is 5.92 Å². The standard InChI is InChI=1S/C11H20O/c1-10(12-2)8-9-11-6-4-3-5-7-11/h8-11H,3-7H2,1-2H3/t10-/m0/s1. The van der Waals surface area contributed by atoms with Gasteiger partial charge in [0.15, 0.2) is 0 Å². The molecule has 1 rings (SSSR count). The highest BCUT2D eigenvalue weighted by molar-refractivity contribution is 4.93. The molecule has 0 radical (unpaired) electrons. The Kier molecular flexibility index (Phi) is 4.37. The van der Waals surface area contributed by atoms with Crippen LogP contribution in [0.2, 0.25) is 0 Å². The van der Waals surface area contributed by atoms with Crippen molar-refractivity contribution in [2.45, 2.75) is 45.1 Å². The van der Waals surface area contributed by atoms with Gasteiger partial charge in [0.05, 0.1) is 6.10 Å². The summed E-state index contributed by atoms with van der Waals surface area (Å²) in [5, 5.41) is 0. The van der Waals surface area contributed by atoms with E-state index in [0.717, 1.165) is 5.92 Å². The molecule has 1 atom stereocenters. The molecule has 0 amide bonds. The maximum Gasteiger partial charge on any atom is 0.0723 e. The number of methoxy groups -OCH3 is 1. The molecule has 1 fully saturated rings. The first-order chi connectivity index (χ1) is 5.83. The third-order valence-corrected chi connectivity index (χ3v) is 2.68. The van der Waals surface area contributed by atoms with Gasteiger partial charge in [-0.1, -0.05) is 31.4 Å². The maximum atomic E-state index is 5.15. The zero-order chi connectivity index (χ0) is 8.81. The molecule has 1 saturated carbocycles. The highest BCUT2D eigenvalue weighted by Crippen LogP contribution is 2.24. The van der Waals surface area contributed by atoms with Crippen LogP contribution in [-0.2, 0) is 4.74 Å². The second kappa shape index (κ2) is 5.36. The van der Waals surface area contributed by atoms with Crippen LogP contribution in [0.25, 0.3) is 0 Å². The average molecular weight is 168 g/mol. The number of allylic oxidation sites excluding steroid dienone is 1. The first kappa shape index (κ1) is 9.79. The van der Waals surface area contributed by atoms with E-state index < -0.39 is 0 Å². The summed E-state index contributed by atoms with van der Waals surface area (Å²) in [6.07, 6.45) is 11.8. The molecule has 0 unspecified atom stereocenters. The number of hydrogen-bond acceptors (Lipinski definition) is 1. The van der Waals surface area contributed by atoms with E-state index in [9.17, 15) is 0 Å². The van der Waals surface area contributed by atoms with Gasteiger partial charge < -0.3 is 4.74 Å². The monoisotopic (exact) mass is 168 g/mol. The van der Waals surface area contributed by atoms with Crippen molar-refractivity contribution in [1.29, 1.82) is 0 Å². The van der Waals surface area contributed by atoms with Crippen LogP contribution in [0.1, 0.15) is 39.0 Å². The molecule has 1 nitrogen and oxygen atoms in total. The Hall–Kier alpha value is -0.300. The first-order valence-corrected chi connectivity index (χ1v) is 5.04. The third kappa shape index (κ3) is 3.40. The van der Waals surface area contributed by atoms with Crippen LogP contribution < -0.4 is 0 Å². The predicted octanol–water partition coefficient (Wildman–Crippen LogP) is 3.16. The fraction of sp³-hybridized carbons (Fsp3) is 0.818. The third-order valence-electron chi connectivity index (χ3n) is 2.68. The zero-order valence-electron chi connectivity index (χ0n) is 8.25. The van der Waals surface area contributed by atoms with Crippen LogP contribution in [0.5, 0.6) is 0 Å². The van der Waals surface area contributed by atoms with Crippen LogP contribution in [-0.4, -0.2) is 13.2 Å². The predicted molar refractivity (Wildman–Crippen MR) is 52.2 cm³/mol. The lowest BCUT2D eigenvalue weighted by Crippen LogP contribution is -2.05. The molecule has 0 spiro atoms. The van der Waals surface area contributed by atoms with E-state index in [1.807, 2.05) is 0 Å². The molecule has 70 valence electrons. The van der Waals surface area contributed by atoms with Gasteiger partial charge in [-0.2, -0.15) is 0 Å². The van der Waals surface area contributed by atoms with Crippen molar-refractivity contribution in [3.8, 4) is 0 Å². The number of rotatable bonds is 3. The van der Waals surface area contributed by atoms with Gasteiger partial charge in [0.25, 0.3) is 0 Å². The highest BCUT2D eigenvalue weighted by atomic mass is 16.5. The molecule has 0 aliphatic heterocycles. The largest absolute Gasteiger partial charge is 0.378 e. The minimum absolute atomic E-state index is 0.284. The van der Waals surface area contributed by atoms with E-state index in [4.69, 9.17) is 4.74 Å². The Labute approximate surface area is 75.8 Å². The Morgan fingerprint density at radius 2 is 1.92 bits per heavy atom. The van der Waals surface area contributed by atoms with Crippen LogP contribution in [0.4, 0.5) is 0 Å². The maximum absolute atomic E-state index is 5.15. The fourth-order valence-corrected chi connectivity index (χ4v) is 1.72. The van der Waals surface area contributed by atoms with E-state index in [1.165, 1.54) is 32.1 Å². The lowest BCUT2D eigenvalue weighted by atomic mass is 9.89. The van der Waals surface area contributed by atoms with Gasteiger partial charge in [0, 0.05) is 7.11 Å². The Morgan fingerprint density at radius 1 is 1.25 bits per heavy atom. The Balaban J connectivity index is 2.23. The summed E-state index contributed by atoms with van der Waals surface area (Å²) < 4.78 is 5.15. The molecule has 0 aromatic rings. The second-order valence-corrected chi connectivity index (χ2v) is 3.72. The first-order valence-electron chi connectivity index (χ1n) is 5.04. The average Bonchev–Trinajstić information content (AvgIpc) is 2.16. The topological polar surface area (TPSA) is 9.23 Å². The van der Waals surface area contributed by atoms with Gasteiger partial charge in [0.2, 0.25) is 0 Å². The van der Waals surface area contributed by atoms with Crippen LogP contribution in [0.3, 0.4) is 0 Å². The highest BCUT2D eigenvalue weighted by Gasteiger charge is 2.09. The summed E-state index contributed by atoms with van der Waals surface area (Å²) in [5.74, 6) is 0.830. The minimum atomic E-state index is 0.284. The van der Waals surface area contributed by atoms with Crippen molar-refractivity contribution in [2.24, 2.45) is 5.92 Å². The molecule has 0 aromatic heterocycles. The van der Waals surface area contributed by atoms with Crippen molar-refractivity contribution in [3.63, 3.8) is 0 Å². The summed E-state index contributed by atoms with van der Waals surface area (Å²) in [4.78, 5) is 0. The second-order valence-electron chi connectivity index (χ2n) is 3.72. The van der Waals surface area contributed by atoms with Crippen molar-refractivity contribution in [2.75, 3.05) is 7.11 Å². The van der Waals surface area contributed by atoms with Gasteiger partial charge in [-0.3, -0.25) is 0 Å². The van der Waals surface area contributed by atoms with Gasteiger partial charge in [-0.05, 0) is 25.7 Å². The van der Waals surface area contributed by atoms with Crippen molar-refractivity contribution < 1.29 is 4.74 Å². The minimum Gasteiger partial charge on any atom is -0.378 e. The summed E-state index contributed by atoms with van der Waals surface area (Å²) >= 11 is 0. The fourth-order valence-electron chi connectivity index (χ4n) is 1.72. The molecule has 1 aliphatic carbocycles. The summed E-state index contributed by atoms with van der Waals surface area (Å²) in [5.41, 5.74) is 0. The SMILES string of the molecule is CO[C@@H](C)C=CC1CCCCC1. The molecule has 0 heterocycles. The molecular weight excluding hydrogens is 148 g/mol. The lowest BCUT2D eigenvalue weighted by Gasteiger charge is -2.18. The number of ether oxygens (including phenoxy) is 1. The molecule has 1 heteroatoms. The van der Waals surface area contributed by atoms with E-state index in [1.54, 1.807) is 7.11 Å². The van der Waals surface area contributed by atoms with Crippen molar-refractivity contribution >= 4 is 0 Å². The van der Waals surface area contributed by atoms with Gasteiger partial charge in [-0.25, -0.2) is 0 Å². The molecule has 0 aromatic carbocycles. The Bertz CT molecular complexity index is 134. The van der Waals surface area contributed by atoms with E-state index in [0.29, 0.717) is 0 Å². The molecule has 1 aliphatic rings. The summed E-state index contributed by atoms with van der Waals surface area (Å²) in [7, 11) is 1.76. The summed E-state index contributed by atoms with van der Waals surface area (Å²) in [6.45, 7) is 2.08. The van der Waals surface area contributed by atoms with E-state index in [2.05, 4.69) is 19.1 Å². The zero-order valence-corrected chi connectivity index (χ0v) is 8.25. The van der Waals surface area contributed by atoms with Crippen LogP contribution in [0.15, 0.2) is 12.2 Å². The summed E-state index contributed by atoms with van der Waals surface area (Å²) in [6, 6.07) is 0. The quantitative estimate of drug-likeness (QED) is 0.588. The van der Waals surface area contributed by atoms with Crippen LogP contribution >= 0.6 is 0 Å². The molecule has 12 heavy (non-hydrogen) atoms.